The first-order valence-electron chi connectivity index (χ1n) is 5.72. The summed E-state index contributed by atoms with van der Waals surface area (Å²) >= 11 is 0. The van der Waals surface area contributed by atoms with Gasteiger partial charge in [-0.3, -0.25) is 0 Å². The third-order valence-corrected chi connectivity index (χ3v) is 2.70. The maximum Gasteiger partial charge on any atom is 0.123 e. The Hall–Kier alpha value is -2.98. The Morgan fingerprint density at radius 1 is 0.750 bits per heavy atom. The molecule has 0 bridgehead atoms. The van der Waals surface area contributed by atoms with Crippen molar-refractivity contribution in [1.82, 2.24) is 0 Å². The average molecular weight is 266 g/mol. The quantitative estimate of drug-likeness (QED) is 0.611. The summed E-state index contributed by atoms with van der Waals surface area (Å²) in [5, 5.41) is 18.5. The highest BCUT2D eigenvalue weighted by atomic mass is 19.1. The maximum atomic E-state index is 13.2. The average Bonchev–Trinajstić information content (AvgIpc) is 2.44. The second-order valence-electron chi connectivity index (χ2n) is 3.99. The first-order valence-corrected chi connectivity index (χ1v) is 5.72. The molecule has 0 aliphatic carbocycles. The minimum absolute atomic E-state index is 0.0117. The van der Waals surface area contributed by atoms with Gasteiger partial charge in [-0.2, -0.15) is 10.5 Å². The Balaban J connectivity index is 2.67. The number of rotatable bonds is 2. The van der Waals surface area contributed by atoms with E-state index in [-0.39, 0.29) is 22.3 Å². The van der Waals surface area contributed by atoms with E-state index in [9.17, 15) is 19.3 Å². The van der Waals surface area contributed by atoms with Crippen LogP contribution in [0.3, 0.4) is 0 Å². The van der Waals surface area contributed by atoms with Gasteiger partial charge in [-0.15, -0.1) is 0 Å². The fourth-order valence-electron chi connectivity index (χ4n) is 1.82. The van der Waals surface area contributed by atoms with Gasteiger partial charge in [0.25, 0.3) is 0 Å². The molecule has 0 aromatic heterocycles. The van der Waals surface area contributed by atoms with Crippen LogP contribution >= 0.6 is 0 Å². The van der Waals surface area contributed by atoms with Gasteiger partial charge in [-0.1, -0.05) is 24.3 Å². The summed E-state index contributed by atoms with van der Waals surface area (Å²) in [6.07, 6.45) is 0. The lowest BCUT2D eigenvalue weighted by atomic mass is 9.96. The van der Waals surface area contributed by atoms with E-state index in [4.69, 9.17) is 0 Å². The van der Waals surface area contributed by atoms with Crippen LogP contribution in [0.5, 0.6) is 0 Å². The molecule has 0 aliphatic heterocycles. The van der Waals surface area contributed by atoms with Gasteiger partial charge in [0.1, 0.15) is 23.8 Å². The molecule has 20 heavy (non-hydrogen) atoms. The molecule has 0 heterocycles. The molecule has 0 N–H and O–H groups in total. The van der Waals surface area contributed by atoms with Crippen LogP contribution in [-0.4, -0.2) is 0 Å². The highest BCUT2D eigenvalue weighted by Crippen LogP contribution is 2.26. The zero-order valence-electron chi connectivity index (χ0n) is 10.3. The molecule has 2 rings (SSSR count). The molecule has 0 atom stereocenters. The summed E-state index contributed by atoms with van der Waals surface area (Å²) in [6.45, 7) is 0. The van der Waals surface area contributed by atoms with Crippen LogP contribution in [0.2, 0.25) is 0 Å². The molecule has 0 aliphatic rings. The van der Waals surface area contributed by atoms with E-state index in [0.29, 0.717) is 0 Å². The molecular formula is C16H8F2N2. The monoisotopic (exact) mass is 266 g/mol. The Kier molecular flexibility index (Phi) is 3.88. The molecule has 0 spiro atoms. The van der Waals surface area contributed by atoms with Crippen LogP contribution in [0.1, 0.15) is 11.1 Å². The molecule has 0 fully saturated rings. The Bertz CT molecular complexity index is 699. The van der Waals surface area contributed by atoms with Gasteiger partial charge < -0.3 is 0 Å². The number of nitrogens with zero attached hydrogens (tertiary/aromatic N) is 2. The highest BCUT2D eigenvalue weighted by Gasteiger charge is 2.12. The smallest absolute Gasteiger partial charge is 0.123 e. The lowest BCUT2D eigenvalue weighted by Crippen LogP contribution is -1.91. The molecule has 2 nitrogen and oxygen atoms in total. The van der Waals surface area contributed by atoms with Crippen molar-refractivity contribution in [3.8, 4) is 12.1 Å². The molecule has 0 radical (unpaired) electrons. The molecule has 2 aromatic carbocycles. The molecule has 0 amide bonds. The van der Waals surface area contributed by atoms with E-state index < -0.39 is 11.6 Å². The predicted molar refractivity (Wildman–Crippen MR) is 70.8 cm³/mol. The fraction of sp³-hybridized carbons (Fsp3) is 0. The molecular weight excluding hydrogens is 258 g/mol. The van der Waals surface area contributed by atoms with Crippen molar-refractivity contribution >= 4 is 11.1 Å². The summed E-state index contributed by atoms with van der Waals surface area (Å²) in [4.78, 5) is 0. The highest BCUT2D eigenvalue weighted by molar-refractivity contribution is 6.02. The van der Waals surface area contributed by atoms with Crippen molar-refractivity contribution in [3.63, 3.8) is 0 Å². The molecule has 0 unspecified atom stereocenters. The van der Waals surface area contributed by atoms with Gasteiger partial charge in [0.15, 0.2) is 0 Å². The van der Waals surface area contributed by atoms with Crippen LogP contribution in [0, 0.1) is 34.3 Å². The van der Waals surface area contributed by atoms with Gasteiger partial charge in [0.05, 0.1) is 11.1 Å². The Morgan fingerprint density at radius 2 is 1.15 bits per heavy atom. The lowest BCUT2D eigenvalue weighted by Gasteiger charge is -2.04. The molecule has 4 heteroatoms. The maximum absolute atomic E-state index is 13.2. The Labute approximate surface area is 114 Å². The van der Waals surface area contributed by atoms with E-state index in [1.165, 1.54) is 36.4 Å². The third-order valence-electron chi connectivity index (χ3n) is 2.70. The predicted octanol–water partition coefficient (Wildman–Crippen LogP) is 3.92. The Morgan fingerprint density at radius 3 is 1.45 bits per heavy atom. The van der Waals surface area contributed by atoms with Gasteiger partial charge in [-0.05, 0) is 35.4 Å². The van der Waals surface area contributed by atoms with Gasteiger partial charge in [0.2, 0.25) is 0 Å². The minimum atomic E-state index is -0.508. The summed E-state index contributed by atoms with van der Waals surface area (Å²) in [5.41, 5.74) is 0.594. The standard InChI is InChI=1S/C16H8F2N2/c17-13-5-1-3-11(7-13)15(9-19)16(10-20)12-4-2-6-14(18)8-12/h1-8H/b16-15-. The largest absolute Gasteiger partial charge is 0.207 e. The van der Waals surface area contributed by atoms with Crippen molar-refractivity contribution in [2.45, 2.75) is 0 Å². The zero-order chi connectivity index (χ0) is 14.5. The summed E-state index contributed by atoms with van der Waals surface area (Å²) in [7, 11) is 0. The second kappa shape index (κ2) is 5.77. The topological polar surface area (TPSA) is 47.6 Å². The van der Waals surface area contributed by atoms with Crippen molar-refractivity contribution in [2.75, 3.05) is 0 Å². The van der Waals surface area contributed by atoms with Crippen LogP contribution in [0.15, 0.2) is 48.5 Å². The van der Waals surface area contributed by atoms with E-state index in [0.717, 1.165) is 12.1 Å². The third kappa shape index (κ3) is 2.71. The summed E-state index contributed by atoms with van der Waals surface area (Å²) in [6, 6.07) is 14.5. The number of halogens is 2. The summed E-state index contributed by atoms with van der Waals surface area (Å²) < 4.78 is 26.4. The van der Waals surface area contributed by atoms with E-state index >= 15 is 0 Å². The van der Waals surface area contributed by atoms with E-state index in [1.807, 2.05) is 12.1 Å². The minimum Gasteiger partial charge on any atom is -0.207 e. The first-order chi connectivity index (χ1) is 9.65. The number of allylic oxidation sites excluding steroid dienone is 2. The first kappa shape index (κ1) is 13.5. The van der Waals surface area contributed by atoms with Crippen LogP contribution in [0.25, 0.3) is 11.1 Å². The van der Waals surface area contributed by atoms with Crippen molar-refractivity contribution < 1.29 is 8.78 Å². The molecule has 0 saturated carbocycles. The SMILES string of the molecule is N#C/C(=C(\C#N)c1cccc(F)c1)c1cccc(F)c1. The lowest BCUT2D eigenvalue weighted by molar-refractivity contribution is 0.627. The van der Waals surface area contributed by atoms with Crippen LogP contribution in [0.4, 0.5) is 8.78 Å². The zero-order valence-corrected chi connectivity index (χ0v) is 10.3. The van der Waals surface area contributed by atoms with Gasteiger partial charge in [-0.25, -0.2) is 8.78 Å². The molecule has 96 valence electrons. The van der Waals surface area contributed by atoms with Crippen LogP contribution in [-0.2, 0) is 0 Å². The number of hydrogen-bond acceptors (Lipinski definition) is 2. The van der Waals surface area contributed by atoms with Crippen molar-refractivity contribution in [3.05, 3.63) is 71.3 Å². The van der Waals surface area contributed by atoms with E-state index in [1.54, 1.807) is 0 Å². The van der Waals surface area contributed by atoms with E-state index in [2.05, 4.69) is 0 Å². The number of benzene rings is 2. The van der Waals surface area contributed by atoms with Gasteiger partial charge >= 0.3 is 0 Å². The fourth-order valence-corrected chi connectivity index (χ4v) is 1.82. The van der Waals surface area contributed by atoms with Crippen molar-refractivity contribution in [1.29, 1.82) is 10.5 Å². The van der Waals surface area contributed by atoms with Crippen molar-refractivity contribution in [2.24, 2.45) is 0 Å². The van der Waals surface area contributed by atoms with Gasteiger partial charge in [0, 0.05) is 0 Å². The number of nitriles is 2. The van der Waals surface area contributed by atoms with Crippen LogP contribution < -0.4 is 0 Å². The summed E-state index contributed by atoms with van der Waals surface area (Å²) in [5.74, 6) is -1.02. The molecule has 0 saturated heterocycles. The number of hydrogen-bond donors (Lipinski definition) is 0. The normalized spacial score (nSPS) is 11.2. The second-order valence-corrected chi connectivity index (χ2v) is 3.99. The molecule has 2 aromatic rings.